The molecule has 0 radical (unpaired) electrons. The molecule has 2 N–H and O–H groups in total. The molecule has 1 aromatic rings. The zero-order chi connectivity index (χ0) is 16.7. The van der Waals surface area contributed by atoms with Gasteiger partial charge in [0, 0.05) is 12.6 Å². The molecular weight excluding hydrogens is 306 g/mol. The number of aryl methyl sites for hydroxylation is 1. The van der Waals surface area contributed by atoms with Gasteiger partial charge < -0.3 is 15.0 Å². The molecule has 1 aromatic heterocycles. The molecular formula is C14H17N3O4S. The Morgan fingerprint density at radius 2 is 2.23 bits per heavy atom. The number of rotatable bonds is 6. The van der Waals surface area contributed by atoms with Gasteiger partial charge in [0.2, 0.25) is 5.56 Å². The van der Waals surface area contributed by atoms with Crippen molar-refractivity contribution in [3.63, 3.8) is 0 Å². The monoisotopic (exact) mass is 323 g/mol. The molecule has 0 bridgehead atoms. The SMILES string of the molecule is CCNC(=O)[C@H](C)OC(=O)CSc1[nH]c(=O)cc(C)c1C#N. The van der Waals surface area contributed by atoms with Gasteiger partial charge in [-0.2, -0.15) is 5.26 Å². The van der Waals surface area contributed by atoms with E-state index in [9.17, 15) is 14.4 Å². The summed E-state index contributed by atoms with van der Waals surface area (Å²) in [5.41, 5.74) is 0.509. The van der Waals surface area contributed by atoms with Gasteiger partial charge in [-0.05, 0) is 26.3 Å². The van der Waals surface area contributed by atoms with Crippen LogP contribution in [0, 0.1) is 18.3 Å². The number of hydrogen-bond donors (Lipinski definition) is 2. The van der Waals surface area contributed by atoms with E-state index in [1.165, 1.54) is 13.0 Å². The number of likely N-dealkylation sites (N-methyl/N-ethyl adjacent to an activating group) is 1. The summed E-state index contributed by atoms with van der Waals surface area (Å²) in [6.45, 7) is 5.33. The lowest BCUT2D eigenvalue weighted by molar-refractivity contribution is -0.152. The van der Waals surface area contributed by atoms with Gasteiger partial charge in [0.15, 0.2) is 6.10 Å². The molecule has 1 heterocycles. The van der Waals surface area contributed by atoms with Crippen molar-refractivity contribution in [2.24, 2.45) is 0 Å². The number of hydrogen-bond acceptors (Lipinski definition) is 6. The van der Waals surface area contributed by atoms with Crippen LogP contribution in [0.2, 0.25) is 0 Å². The summed E-state index contributed by atoms with van der Waals surface area (Å²) in [7, 11) is 0. The maximum absolute atomic E-state index is 11.7. The van der Waals surface area contributed by atoms with Crippen molar-refractivity contribution in [2.75, 3.05) is 12.3 Å². The number of aromatic nitrogens is 1. The first-order valence-corrected chi connectivity index (χ1v) is 7.61. The van der Waals surface area contributed by atoms with Crippen molar-refractivity contribution >= 4 is 23.6 Å². The van der Waals surface area contributed by atoms with Crippen LogP contribution in [0.25, 0.3) is 0 Å². The summed E-state index contributed by atoms with van der Waals surface area (Å²) in [5.74, 6) is -1.09. The van der Waals surface area contributed by atoms with Gasteiger partial charge in [0.25, 0.3) is 5.91 Å². The molecule has 22 heavy (non-hydrogen) atoms. The van der Waals surface area contributed by atoms with E-state index in [4.69, 9.17) is 10.00 Å². The van der Waals surface area contributed by atoms with Crippen molar-refractivity contribution in [3.8, 4) is 6.07 Å². The van der Waals surface area contributed by atoms with Crippen LogP contribution >= 0.6 is 11.8 Å². The van der Waals surface area contributed by atoms with Gasteiger partial charge >= 0.3 is 5.97 Å². The third kappa shape index (κ3) is 4.93. The Morgan fingerprint density at radius 3 is 2.82 bits per heavy atom. The number of esters is 1. The van der Waals surface area contributed by atoms with Crippen molar-refractivity contribution in [1.29, 1.82) is 5.26 Å². The number of aromatic amines is 1. The predicted molar refractivity (Wildman–Crippen MR) is 81.5 cm³/mol. The van der Waals surface area contributed by atoms with Crippen LogP contribution in [-0.2, 0) is 14.3 Å². The van der Waals surface area contributed by atoms with Gasteiger partial charge in [0.1, 0.15) is 6.07 Å². The normalized spacial score (nSPS) is 11.4. The number of pyridine rings is 1. The Morgan fingerprint density at radius 1 is 1.55 bits per heavy atom. The largest absolute Gasteiger partial charge is 0.452 e. The number of nitriles is 1. The van der Waals surface area contributed by atoms with E-state index in [1.807, 2.05) is 6.07 Å². The average molecular weight is 323 g/mol. The highest BCUT2D eigenvalue weighted by atomic mass is 32.2. The molecule has 1 amide bonds. The number of thioether (sulfide) groups is 1. The topological polar surface area (TPSA) is 112 Å². The van der Waals surface area contributed by atoms with Gasteiger partial charge in [-0.3, -0.25) is 14.4 Å². The highest BCUT2D eigenvalue weighted by molar-refractivity contribution is 7.99. The van der Waals surface area contributed by atoms with E-state index in [0.717, 1.165) is 11.8 Å². The average Bonchev–Trinajstić information content (AvgIpc) is 2.44. The van der Waals surface area contributed by atoms with Crippen LogP contribution in [0.3, 0.4) is 0 Å². The summed E-state index contributed by atoms with van der Waals surface area (Å²) in [6.07, 6.45) is -0.889. The molecule has 0 aliphatic carbocycles. The second-order valence-electron chi connectivity index (χ2n) is 4.45. The molecule has 118 valence electrons. The Hall–Kier alpha value is -2.27. The van der Waals surface area contributed by atoms with Crippen molar-refractivity contribution in [2.45, 2.75) is 31.9 Å². The van der Waals surface area contributed by atoms with Gasteiger partial charge in [0.05, 0.1) is 16.3 Å². The minimum absolute atomic E-state index is 0.113. The lowest BCUT2D eigenvalue weighted by atomic mass is 10.2. The second kappa shape index (κ2) is 8.24. The standard InChI is InChI=1S/C14H17N3O4S/c1-4-16-13(20)9(3)21-12(19)7-22-14-10(6-15)8(2)5-11(18)17-14/h5,9H,4,7H2,1-3H3,(H,16,20)(H,17,18)/t9-/m0/s1. The molecule has 0 aromatic carbocycles. The van der Waals surface area contributed by atoms with E-state index in [1.54, 1.807) is 13.8 Å². The van der Waals surface area contributed by atoms with E-state index >= 15 is 0 Å². The van der Waals surface area contributed by atoms with E-state index in [-0.39, 0.29) is 17.2 Å². The smallest absolute Gasteiger partial charge is 0.317 e. The van der Waals surface area contributed by atoms with Crippen LogP contribution in [0.4, 0.5) is 0 Å². The summed E-state index contributed by atoms with van der Waals surface area (Å²) >= 11 is 0.991. The number of nitrogens with zero attached hydrogens (tertiary/aromatic N) is 1. The quantitative estimate of drug-likeness (QED) is 0.589. The minimum Gasteiger partial charge on any atom is -0.452 e. The number of nitrogens with one attached hydrogen (secondary N) is 2. The number of carbonyl (C=O) groups is 2. The molecule has 0 saturated heterocycles. The third-order valence-corrected chi connectivity index (χ3v) is 3.66. The molecule has 0 aliphatic heterocycles. The molecule has 0 spiro atoms. The van der Waals surface area contributed by atoms with Crippen molar-refractivity contribution in [1.82, 2.24) is 10.3 Å². The van der Waals surface area contributed by atoms with Crippen LogP contribution in [0.5, 0.6) is 0 Å². The molecule has 0 unspecified atom stereocenters. The maximum atomic E-state index is 11.7. The number of amides is 1. The van der Waals surface area contributed by atoms with Crippen LogP contribution in [0.1, 0.15) is 25.0 Å². The molecule has 7 nitrogen and oxygen atoms in total. The zero-order valence-corrected chi connectivity index (χ0v) is 13.4. The molecule has 0 fully saturated rings. The Balaban J connectivity index is 2.67. The van der Waals surface area contributed by atoms with Gasteiger partial charge in [-0.1, -0.05) is 11.8 Å². The highest BCUT2D eigenvalue weighted by Crippen LogP contribution is 2.21. The summed E-state index contributed by atoms with van der Waals surface area (Å²) in [6, 6.07) is 3.30. The maximum Gasteiger partial charge on any atom is 0.317 e. The summed E-state index contributed by atoms with van der Waals surface area (Å²) in [5, 5.41) is 11.9. The molecule has 0 saturated carbocycles. The zero-order valence-electron chi connectivity index (χ0n) is 12.6. The van der Waals surface area contributed by atoms with Gasteiger partial charge in [-0.15, -0.1) is 0 Å². The van der Waals surface area contributed by atoms with Gasteiger partial charge in [-0.25, -0.2) is 0 Å². The van der Waals surface area contributed by atoms with Crippen LogP contribution in [-0.4, -0.2) is 35.3 Å². The molecule has 8 heteroatoms. The lowest BCUT2D eigenvalue weighted by Crippen LogP contribution is -2.35. The van der Waals surface area contributed by atoms with Crippen LogP contribution in [0.15, 0.2) is 15.9 Å². The molecule has 1 rings (SSSR count). The first-order chi connectivity index (χ1) is 10.4. The predicted octanol–water partition coefficient (Wildman–Crippen LogP) is 0.715. The molecule has 0 aliphatic rings. The number of H-pyrrole nitrogens is 1. The number of carbonyl (C=O) groups excluding carboxylic acids is 2. The Labute approximate surface area is 132 Å². The van der Waals surface area contributed by atoms with E-state index in [0.29, 0.717) is 22.7 Å². The fourth-order valence-electron chi connectivity index (χ4n) is 1.64. The highest BCUT2D eigenvalue weighted by Gasteiger charge is 2.18. The fourth-order valence-corrected chi connectivity index (χ4v) is 2.49. The minimum atomic E-state index is -0.889. The van der Waals surface area contributed by atoms with Crippen LogP contribution < -0.4 is 10.9 Å². The second-order valence-corrected chi connectivity index (χ2v) is 5.43. The first kappa shape index (κ1) is 17.8. The summed E-state index contributed by atoms with van der Waals surface area (Å²) in [4.78, 5) is 37.1. The van der Waals surface area contributed by atoms with E-state index in [2.05, 4.69) is 10.3 Å². The third-order valence-electron chi connectivity index (χ3n) is 2.68. The first-order valence-electron chi connectivity index (χ1n) is 6.63. The Kier molecular flexibility index (Phi) is 6.66. The fraction of sp³-hybridized carbons (Fsp3) is 0.429. The lowest BCUT2D eigenvalue weighted by Gasteiger charge is -2.12. The Bertz CT molecular complexity index is 663. The molecule has 1 atom stereocenters. The summed E-state index contributed by atoms with van der Waals surface area (Å²) < 4.78 is 4.97. The van der Waals surface area contributed by atoms with E-state index < -0.39 is 12.1 Å². The van der Waals surface area contributed by atoms with Crippen molar-refractivity contribution < 1.29 is 14.3 Å². The van der Waals surface area contributed by atoms with Crippen molar-refractivity contribution in [3.05, 3.63) is 27.5 Å². The number of ether oxygens (including phenoxy) is 1.